The molecule has 0 aromatic carbocycles. The molecule has 1 rings (SSSR count). The Kier molecular flexibility index (Phi) is 5.38. The molecule has 17 heavy (non-hydrogen) atoms. The van der Waals surface area contributed by atoms with E-state index in [1.807, 2.05) is 40.0 Å². The Morgan fingerprint density at radius 1 is 1.41 bits per heavy atom. The van der Waals surface area contributed by atoms with Crippen LogP contribution in [-0.2, 0) is 4.74 Å². The monoisotopic (exact) mass is 237 g/mol. The van der Waals surface area contributed by atoms with E-state index in [9.17, 15) is 0 Å². The Balaban J connectivity index is 2.65. The zero-order valence-corrected chi connectivity index (χ0v) is 11.2. The molecule has 1 atom stereocenters. The van der Waals surface area contributed by atoms with Gasteiger partial charge in [0.05, 0.1) is 12.7 Å². The maximum absolute atomic E-state index is 5.93. The number of hydrogen-bond donors (Lipinski definition) is 1. The van der Waals surface area contributed by atoms with Gasteiger partial charge in [-0.15, -0.1) is 0 Å². The summed E-state index contributed by atoms with van der Waals surface area (Å²) in [7, 11) is 2.01. The molecule has 0 fully saturated rings. The van der Waals surface area contributed by atoms with E-state index in [0.29, 0.717) is 6.61 Å². The topological polar surface area (TPSA) is 51.4 Å². The highest BCUT2D eigenvalue weighted by Gasteiger charge is 2.11. The van der Waals surface area contributed by atoms with Crippen LogP contribution >= 0.6 is 0 Å². The summed E-state index contributed by atoms with van der Waals surface area (Å²) in [6.07, 6.45) is 2.06. The summed E-state index contributed by atoms with van der Waals surface area (Å²) in [5.41, 5.74) is 7.00. The Labute approximate surface area is 104 Å². The van der Waals surface area contributed by atoms with Crippen LogP contribution in [0.4, 0.5) is 5.82 Å². The van der Waals surface area contributed by atoms with Crippen LogP contribution in [0.1, 0.15) is 32.4 Å². The fourth-order valence-electron chi connectivity index (χ4n) is 1.62. The zero-order chi connectivity index (χ0) is 12.8. The number of aromatic nitrogens is 1. The van der Waals surface area contributed by atoms with Crippen LogP contribution in [0, 0.1) is 0 Å². The summed E-state index contributed by atoms with van der Waals surface area (Å²) >= 11 is 0. The predicted octanol–water partition coefficient (Wildman–Crippen LogP) is 1.96. The normalized spacial score (nSPS) is 12.8. The van der Waals surface area contributed by atoms with E-state index >= 15 is 0 Å². The fraction of sp³-hybridized carbons (Fsp3) is 0.615. The van der Waals surface area contributed by atoms with Crippen molar-refractivity contribution in [2.45, 2.75) is 32.9 Å². The molecule has 0 bridgehead atoms. The molecule has 0 aliphatic heterocycles. The largest absolute Gasteiger partial charge is 0.377 e. The van der Waals surface area contributed by atoms with Gasteiger partial charge in [-0.25, -0.2) is 4.98 Å². The molecule has 1 aromatic heterocycles. The molecule has 0 aliphatic rings. The van der Waals surface area contributed by atoms with Gasteiger partial charge in [-0.3, -0.25) is 0 Å². The highest BCUT2D eigenvalue weighted by atomic mass is 16.5. The van der Waals surface area contributed by atoms with Crippen LogP contribution in [-0.4, -0.2) is 31.3 Å². The van der Waals surface area contributed by atoms with Crippen molar-refractivity contribution >= 4 is 5.82 Å². The van der Waals surface area contributed by atoms with Gasteiger partial charge in [0.15, 0.2) is 0 Å². The van der Waals surface area contributed by atoms with E-state index in [4.69, 9.17) is 10.5 Å². The van der Waals surface area contributed by atoms with E-state index in [2.05, 4.69) is 9.88 Å². The van der Waals surface area contributed by atoms with Crippen molar-refractivity contribution < 1.29 is 4.74 Å². The van der Waals surface area contributed by atoms with E-state index in [-0.39, 0.29) is 12.1 Å². The molecule has 0 radical (unpaired) electrons. The Hall–Kier alpha value is -1.13. The lowest BCUT2D eigenvalue weighted by Gasteiger charge is -2.22. The van der Waals surface area contributed by atoms with E-state index < -0.39 is 0 Å². The van der Waals surface area contributed by atoms with Crippen molar-refractivity contribution in [3.05, 3.63) is 23.9 Å². The number of likely N-dealkylation sites (N-methyl/N-ethyl adjacent to an activating group) is 1. The van der Waals surface area contributed by atoms with Crippen LogP contribution in [0.3, 0.4) is 0 Å². The number of nitrogens with zero attached hydrogens (tertiary/aromatic N) is 2. The van der Waals surface area contributed by atoms with Crippen molar-refractivity contribution in [2.75, 3.05) is 25.1 Å². The second-order valence-electron chi connectivity index (χ2n) is 4.55. The fourth-order valence-corrected chi connectivity index (χ4v) is 1.62. The molecular formula is C13H23N3O. The Morgan fingerprint density at radius 2 is 2.12 bits per heavy atom. The van der Waals surface area contributed by atoms with Crippen LogP contribution in [0.15, 0.2) is 18.3 Å². The van der Waals surface area contributed by atoms with Gasteiger partial charge in [0.1, 0.15) is 5.82 Å². The molecule has 0 amide bonds. The van der Waals surface area contributed by atoms with Gasteiger partial charge in [0.25, 0.3) is 0 Å². The molecule has 4 nitrogen and oxygen atoms in total. The van der Waals surface area contributed by atoms with Gasteiger partial charge in [-0.1, -0.05) is 6.07 Å². The summed E-state index contributed by atoms with van der Waals surface area (Å²) < 4.78 is 5.53. The van der Waals surface area contributed by atoms with Crippen molar-refractivity contribution in [3.8, 4) is 0 Å². The van der Waals surface area contributed by atoms with Crippen molar-refractivity contribution in [3.63, 3.8) is 0 Å². The first kappa shape index (κ1) is 13.9. The first-order valence-electron chi connectivity index (χ1n) is 6.05. The standard InChI is InChI=1S/C13H23N3O/c1-10(2)17-9-8-16(4)13-12(11(3)14)6-5-7-15-13/h5-7,10-11H,8-9,14H2,1-4H3/t11-/m0/s1. The molecule has 0 saturated heterocycles. The second kappa shape index (κ2) is 6.57. The lowest BCUT2D eigenvalue weighted by atomic mass is 10.1. The summed E-state index contributed by atoms with van der Waals surface area (Å²) in [6.45, 7) is 7.55. The van der Waals surface area contributed by atoms with Gasteiger partial charge >= 0.3 is 0 Å². The zero-order valence-electron chi connectivity index (χ0n) is 11.2. The van der Waals surface area contributed by atoms with Crippen LogP contribution in [0.25, 0.3) is 0 Å². The minimum atomic E-state index is -0.00725. The first-order chi connectivity index (χ1) is 8.02. The number of rotatable bonds is 6. The maximum atomic E-state index is 5.93. The molecule has 4 heteroatoms. The third-order valence-electron chi connectivity index (χ3n) is 2.55. The Bertz CT molecular complexity index is 339. The summed E-state index contributed by atoms with van der Waals surface area (Å²) in [5, 5.41) is 0. The lowest BCUT2D eigenvalue weighted by Crippen LogP contribution is -2.26. The molecule has 0 unspecified atom stereocenters. The number of ether oxygens (including phenoxy) is 1. The average molecular weight is 237 g/mol. The van der Waals surface area contributed by atoms with Crippen LogP contribution < -0.4 is 10.6 Å². The maximum Gasteiger partial charge on any atom is 0.133 e. The van der Waals surface area contributed by atoms with E-state index in [1.54, 1.807) is 6.20 Å². The van der Waals surface area contributed by atoms with Crippen molar-refractivity contribution in [2.24, 2.45) is 5.73 Å². The number of hydrogen-bond acceptors (Lipinski definition) is 4. The number of anilines is 1. The van der Waals surface area contributed by atoms with Crippen molar-refractivity contribution in [1.82, 2.24) is 4.98 Å². The molecule has 1 aromatic rings. The summed E-state index contributed by atoms with van der Waals surface area (Å²) in [6, 6.07) is 3.93. The minimum absolute atomic E-state index is 0.00725. The molecule has 1 heterocycles. The molecule has 0 saturated carbocycles. The number of pyridine rings is 1. The molecule has 2 N–H and O–H groups in total. The van der Waals surface area contributed by atoms with Gasteiger partial charge in [0, 0.05) is 31.4 Å². The molecule has 0 aliphatic carbocycles. The highest BCUT2D eigenvalue weighted by Crippen LogP contribution is 2.20. The van der Waals surface area contributed by atoms with Gasteiger partial charge in [0.2, 0.25) is 0 Å². The number of nitrogens with two attached hydrogens (primary N) is 1. The SMILES string of the molecule is CC(C)OCCN(C)c1ncccc1[C@H](C)N. The van der Waals surface area contributed by atoms with Gasteiger partial charge in [-0.05, 0) is 26.8 Å². The predicted molar refractivity (Wildman–Crippen MR) is 71.2 cm³/mol. The quantitative estimate of drug-likeness (QED) is 0.821. The first-order valence-corrected chi connectivity index (χ1v) is 6.05. The summed E-state index contributed by atoms with van der Waals surface area (Å²) in [4.78, 5) is 6.47. The molecule has 0 spiro atoms. The smallest absolute Gasteiger partial charge is 0.133 e. The third kappa shape index (κ3) is 4.32. The minimum Gasteiger partial charge on any atom is -0.377 e. The summed E-state index contributed by atoms with van der Waals surface area (Å²) in [5.74, 6) is 0.940. The van der Waals surface area contributed by atoms with E-state index in [0.717, 1.165) is 17.9 Å². The second-order valence-corrected chi connectivity index (χ2v) is 4.55. The van der Waals surface area contributed by atoms with Crippen molar-refractivity contribution in [1.29, 1.82) is 0 Å². The average Bonchev–Trinajstić information content (AvgIpc) is 2.28. The highest BCUT2D eigenvalue weighted by molar-refractivity contribution is 5.47. The van der Waals surface area contributed by atoms with Crippen LogP contribution in [0.2, 0.25) is 0 Å². The van der Waals surface area contributed by atoms with E-state index in [1.165, 1.54) is 0 Å². The van der Waals surface area contributed by atoms with Gasteiger partial charge in [-0.2, -0.15) is 0 Å². The van der Waals surface area contributed by atoms with Gasteiger partial charge < -0.3 is 15.4 Å². The van der Waals surface area contributed by atoms with Crippen LogP contribution in [0.5, 0.6) is 0 Å². The Morgan fingerprint density at radius 3 is 2.71 bits per heavy atom. The lowest BCUT2D eigenvalue weighted by molar-refractivity contribution is 0.0845. The molecule has 96 valence electrons. The molecular weight excluding hydrogens is 214 g/mol. The third-order valence-corrected chi connectivity index (χ3v) is 2.55.